The highest BCUT2D eigenvalue weighted by Gasteiger charge is 2.46. The number of hydrogen-bond donors (Lipinski definition) is 0. The molecule has 2 aliphatic rings. The maximum absolute atomic E-state index is 12.7. The Balaban J connectivity index is 1.84. The summed E-state index contributed by atoms with van der Waals surface area (Å²) in [6, 6.07) is 9.94. The lowest BCUT2D eigenvalue weighted by Crippen LogP contribution is -2.40. The van der Waals surface area contributed by atoms with Crippen molar-refractivity contribution in [2.24, 2.45) is 5.92 Å². The van der Waals surface area contributed by atoms with Crippen molar-refractivity contribution in [3.05, 3.63) is 35.9 Å². The lowest BCUT2D eigenvalue weighted by atomic mass is 10.0. The van der Waals surface area contributed by atoms with Crippen molar-refractivity contribution in [1.29, 1.82) is 0 Å². The molecule has 0 aromatic heterocycles. The molecule has 1 aromatic rings. The number of hydrogen-bond acceptors (Lipinski definition) is 2. The Hall–Kier alpha value is -0.870. The summed E-state index contributed by atoms with van der Waals surface area (Å²) in [5, 5.41) is 0. The molecule has 1 saturated heterocycles. The second kappa shape index (κ2) is 4.91. The van der Waals surface area contributed by atoms with Crippen molar-refractivity contribution in [2.45, 2.75) is 50.4 Å². The average Bonchev–Trinajstić information content (AvgIpc) is 2.88. The van der Waals surface area contributed by atoms with E-state index in [1.165, 1.54) is 12.8 Å². The third kappa shape index (κ3) is 2.43. The highest BCUT2D eigenvalue weighted by atomic mass is 32.2. The molecule has 0 radical (unpaired) electrons. The molecule has 0 amide bonds. The lowest BCUT2D eigenvalue weighted by Gasteiger charge is -2.27. The molecule has 19 heavy (non-hydrogen) atoms. The first-order valence-corrected chi connectivity index (χ1v) is 8.74. The molecule has 1 saturated carbocycles. The molecule has 0 N–H and O–H groups in total. The van der Waals surface area contributed by atoms with Crippen LogP contribution in [0.15, 0.2) is 30.3 Å². The molecule has 1 heterocycles. The van der Waals surface area contributed by atoms with E-state index < -0.39 is 10.0 Å². The maximum atomic E-state index is 12.7. The monoisotopic (exact) mass is 279 g/mol. The highest BCUT2D eigenvalue weighted by Crippen LogP contribution is 2.43. The highest BCUT2D eigenvalue weighted by molar-refractivity contribution is 7.88. The second-order valence-corrected chi connectivity index (χ2v) is 7.79. The van der Waals surface area contributed by atoms with Gasteiger partial charge < -0.3 is 0 Å². The largest absolute Gasteiger partial charge is 0.218 e. The van der Waals surface area contributed by atoms with Crippen molar-refractivity contribution in [3.8, 4) is 0 Å². The van der Waals surface area contributed by atoms with E-state index >= 15 is 0 Å². The van der Waals surface area contributed by atoms with Crippen LogP contribution in [-0.2, 0) is 15.8 Å². The predicted molar refractivity (Wildman–Crippen MR) is 76.1 cm³/mol. The van der Waals surface area contributed by atoms with Gasteiger partial charge in [-0.15, -0.1) is 0 Å². The number of benzene rings is 1. The molecular formula is C15H21NO2S. The Bertz CT molecular complexity index is 541. The van der Waals surface area contributed by atoms with Gasteiger partial charge in [0.05, 0.1) is 5.75 Å². The maximum Gasteiger partial charge on any atom is 0.218 e. The fraction of sp³-hybridized carbons (Fsp3) is 0.600. The molecule has 1 aliphatic carbocycles. The van der Waals surface area contributed by atoms with Crippen LogP contribution in [0.4, 0.5) is 0 Å². The minimum absolute atomic E-state index is 0.140. The van der Waals surface area contributed by atoms with E-state index in [4.69, 9.17) is 0 Å². The third-order valence-corrected chi connectivity index (χ3v) is 6.51. The number of rotatable bonds is 3. The molecule has 0 unspecified atom stereocenters. The SMILES string of the molecule is C[C@H]1C[C@H]2CCC[C@H]2N1S(=O)(=O)Cc1ccccc1. The Morgan fingerprint density at radius 1 is 1.21 bits per heavy atom. The van der Waals surface area contributed by atoms with Gasteiger partial charge in [0.25, 0.3) is 0 Å². The Labute approximate surface area is 115 Å². The first-order valence-electron chi connectivity index (χ1n) is 7.13. The van der Waals surface area contributed by atoms with Gasteiger partial charge >= 0.3 is 0 Å². The minimum Gasteiger partial charge on any atom is -0.212 e. The van der Waals surface area contributed by atoms with Gasteiger partial charge in [0, 0.05) is 12.1 Å². The van der Waals surface area contributed by atoms with Crippen LogP contribution in [0, 0.1) is 5.92 Å². The fourth-order valence-corrected chi connectivity index (χ4v) is 5.92. The average molecular weight is 279 g/mol. The van der Waals surface area contributed by atoms with Gasteiger partial charge in [-0.2, -0.15) is 4.31 Å². The van der Waals surface area contributed by atoms with Gasteiger partial charge in [-0.05, 0) is 37.7 Å². The molecule has 1 aromatic carbocycles. The summed E-state index contributed by atoms with van der Waals surface area (Å²) in [7, 11) is -3.18. The van der Waals surface area contributed by atoms with Crippen LogP contribution in [0.25, 0.3) is 0 Å². The van der Waals surface area contributed by atoms with Crippen molar-refractivity contribution in [3.63, 3.8) is 0 Å². The zero-order valence-corrected chi connectivity index (χ0v) is 12.1. The summed E-state index contributed by atoms with van der Waals surface area (Å²) in [4.78, 5) is 0. The van der Waals surface area contributed by atoms with Crippen molar-refractivity contribution in [1.82, 2.24) is 4.31 Å². The molecular weight excluding hydrogens is 258 g/mol. The smallest absolute Gasteiger partial charge is 0.212 e. The summed E-state index contributed by atoms with van der Waals surface area (Å²) in [6.45, 7) is 2.06. The van der Waals surface area contributed by atoms with Gasteiger partial charge in [0.15, 0.2) is 0 Å². The Kier molecular flexibility index (Phi) is 3.39. The van der Waals surface area contributed by atoms with E-state index in [1.54, 1.807) is 0 Å². The topological polar surface area (TPSA) is 37.4 Å². The van der Waals surface area contributed by atoms with E-state index in [2.05, 4.69) is 6.92 Å². The standard InChI is InChI=1S/C15H21NO2S/c1-12-10-14-8-5-9-15(14)16(12)19(17,18)11-13-6-3-2-4-7-13/h2-4,6-7,12,14-15H,5,8-11H2,1H3/t12-,14+,15+/m0/s1. The van der Waals surface area contributed by atoms with E-state index in [9.17, 15) is 8.42 Å². The van der Waals surface area contributed by atoms with Gasteiger partial charge in [-0.1, -0.05) is 36.8 Å². The predicted octanol–water partition coefficient (Wildman–Crippen LogP) is 2.78. The van der Waals surface area contributed by atoms with E-state index in [0.29, 0.717) is 5.92 Å². The summed E-state index contributed by atoms with van der Waals surface area (Å²) in [5.74, 6) is 0.738. The van der Waals surface area contributed by atoms with Crippen LogP contribution >= 0.6 is 0 Å². The number of fused-ring (bicyclic) bond motifs is 1. The molecule has 3 nitrogen and oxygen atoms in total. The van der Waals surface area contributed by atoms with E-state index in [0.717, 1.165) is 18.4 Å². The number of nitrogens with zero attached hydrogens (tertiary/aromatic N) is 1. The van der Waals surface area contributed by atoms with Crippen LogP contribution in [0.1, 0.15) is 38.2 Å². The summed E-state index contributed by atoms with van der Waals surface area (Å²) < 4.78 is 27.2. The molecule has 4 heteroatoms. The molecule has 104 valence electrons. The summed E-state index contributed by atoms with van der Waals surface area (Å²) in [6.07, 6.45) is 4.47. The van der Waals surface area contributed by atoms with E-state index in [1.807, 2.05) is 34.6 Å². The minimum atomic E-state index is -3.18. The zero-order chi connectivity index (χ0) is 13.5. The van der Waals surface area contributed by atoms with Crippen LogP contribution in [0.5, 0.6) is 0 Å². The van der Waals surface area contributed by atoms with Gasteiger partial charge in [0.2, 0.25) is 10.0 Å². The van der Waals surface area contributed by atoms with Gasteiger partial charge in [-0.3, -0.25) is 0 Å². The van der Waals surface area contributed by atoms with Gasteiger partial charge in [-0.25, -0.2) is 8.42 Å². The van der Waals surface area contributed by atoms with Crippen molar-refractivity contribution in [2.75, 3.05) is 0 Å². The molecule has 3 rings (SSSR count). The molecule has 0 spiro atoms. The van der Waals surface area contributed by atoms with Crippen LogP contribution in [0.3, 0.4) is 0 Å². The molecule has 2 fully saturated rings. The number of sulfonamides is 1. The fourth-order valence-electron chi connectivity index (χ4n) is 3.84. The lowest BCUT2D eigenvalue weighted by molar-refractivity contribution is 0.324. The summed E-state index contributed by atoms with van der Waals surface area (Å²) in [5.41, 5.74) is 0.885. The quantitative estimate of drug-likeness (QED) is 0.853. The Morgan fingerprint density at radius 3 is 2.68 bits per heavy atom. The normalized spacial score (nSPS) is 31.5. The van der Waals surface area contributed by atoms with Crippen molar-refractivity contribution < 1.29 is 8.42 Å². The summed E-state index contributed by atoms with van der Waals surface area (Å²) >= 11 is 0. The van der Waals surface area contributed by atoms with Crippen LogP contribution in [-0.4, -0.2) is 24.8 Å². The first kappa shape index (κ1) is 13.1. The molecule has 0 bridgehead atoms. The van der Waals surface area contributed by atoms with E-state index in [-0.39, 0.29) is 17.8 Å². The van der Waals surface area contributed by atoms with Crippen molar-refractivity contribution >= 4 is 10.0 Å². The van der Waals surface area contributed by atoms with Gasteiger partial charge in [0.1, 0.15) is 0 Å². The molecule has 3 atom stereocenters. The van der Waals surface area contributed by atoms with Crippen LogP contribution < -0.4 is 0 Å². The second-order valence-electron chi connectivity index (χ2n) is 5.91. The Morgan fingerprint density at radius 2 is 1.95 bits per heavy atom. The first-order chi connectivity index (χ1) is 9.08. The zero-order valence-electron chi connectivity index (χ0n) is 11.3. The third-order valence-electron chi connectivity index (χ3n) is 4.54. The van der Waals surface area contributed by atoms with Crippen LogP contribution in [0.2, 0.25) is 0 Å². The molecule has 1 aliphatic heterocycles.